The van der Waals surface area contributed by atoms with Gasteiger partial charge in [-0.1, -0.05) is 42.5 Å². The number of aromatic amines is 1. The normalized spacial score (nSPS) is 13.4. The Morgan fingerprint density at radius 3 is 2.35 bits per heavy atom. The number of carbonyl (C=O) groups is 3. The van der Waals surface area contributed by atoms with Crippen LogP contribution < -0.4 is 16.2 Å². The zero-order valence-electron chi connectivity index (χ0n) is 19.9. The SMILES string of the molecule is Cc1[nH]nc2ccc(C(=O)NNC(=S)N[C@@H](Cc3ccccc3)CN3C(=O)c4ccccc4C3=O)cc12. The van der Waals surface area contributed by atoms with E-state index in [0.29, 0.717) is 23.1 Å². The summed E-state index contributed by atoms with van der Waals surface area (Å²) in [6, 6.07) is 21.3. The number of nitrogens with zero attached hydrogens (tertiary/aromatic N) is 2. The summed E-state index contributed by atoms with van der Waals surface area (Å²) in [5.74, 6) is -1.04. The number of hydrazine groups is 1. The largest absolute Gasteiger partial charge is 0.356 e. The van der Waals surface area contributed by atoms with Crippen molar-refractivity contribution in [1.29, 1.82) is 0 Å². The van der Waals surface area contributed by atoms with E-state index in [-0.39, 0.29) is 29.4 Å². The van der Waals surface area contributed by atoms with Gasteiger partial charge in [-0.3, -0.25) is 35.2 Å². The molecule has 0 saturated carbocycles. The van der Waals surface area contributed by atoms with Crippen molar-refractivity contribution in [3.63, 3.8) is 0 Å². The number of thiocarbonyl (C=S) groups is 1. The van der Waals surface area contributed by atoms with Crippen LogP contribution in [0.2, 0.25) is 0 Å². The number of amides is 3. The fourth-order valence-corrected chi connectivity index (χ4v) is 4.59. The van der Waals surface area contributed by atoms with Crippen LogP contribution in [0.4, 0.5) is 0 Å². The van der Waals surface area contributed by atoms with E-state index < -0.39 is 6.04 Å². The zero-order valence-corrected chi connectivity index (χ0v) is 20.8. The van der Waals surface area contributed by atoms with Crippen LogP contribution in [-0.4, -0.2) is 50.5 Å². The van der Waals surface area contributed by atoms with E-state index in [1.165, 1.54) is 4.90 Å². The number of hydrogen-bond acceptors (Lipinski definition) is 5. The predicted octanol–water partition coefficient (Wildman–Crippen LogP) is 2.89. The molecule has 3 aromatic carbocycles. The highest BCUT2D eigenvalue weighted by Crippen LogP contribution is 2.23. The molecule has 1 aliphatic heterocycles. The van der Waals surface area contributed by atoms with E-state index in [1.807, 2.05) is 37.3 Å². The van der Waals surface area contributed by atoms with Crippen LogP contribution in [0.25, 0.3) is 10.9 Å². The molecule has 0 aliphatic carbocycles. The molecule has 0 radical (unpaired) electrons. The molecule has 0 fully saturated rings. The minimum atomic E-state index is -0.397. The lowest BCUT2D eigenvalue weighted by molar-refractivity contribution is 0.0641. The summed E-state index contributed by atoms with van der Waals surface area (Å²) in [6.45, 7) is 1.99. The number of aromatic nitrogens is 2. The first-order valence-electron chi connectivity index (χ1n) is 11.7. The van der Waals surface area contributed by atoms with Crippen LogP contribution >= 0.6 is 12.2 Å². The van der Waals surface area contributed by atoms with E-state index in [2.05, 4.69) is 26.4 Å². The third-order valence-electron chi connectivity index (χ3n) is 6.24. The van der Waals surface area contributed by atoms with Crippen molar-refractivity contribution in [3.8, 4) is 0 Å². The second-order valence-corrected chi connectivity index (χ2v) is 9.19. The molecular formula is C27H24N6O3S. The lowest BCUT2D eigenvalue weighted by Gasteiger charge is -2.25. The molecule has 10 heteroatoms. The van der Waals surface area contributed by atoms with Gasteiger partial charge in [0.2, 0.25) is 0 Å². The van der Waals surface area contributed by atoms with Crippen LogP contribution in [0.5, 0.6) is 0 Å². The maximum Gasteiger partial charge on any atom is 0.269 e. The molecule has 0 unspecified atom stereocenters. The van der Waals surface area contributed by atoms with Gasteiger partial charge in [0, 0.05) is 23.2 Å². The van der Waals surface area contributed by atoms with Crippen molar-refractivity contribution >= 4 is 46.0 Å². The highest BCUT2D eigenvalue weighted by Gasteiger charge is 2.36. The molecular weight excluding hydrogens is 488 g/mol. The van der Waals surface area contributed by atoms with Gasteiger partial charge in [0.15, 0.2) is 5.11 Å². The van der Waals surface area contributed by atoms with Crippen molar-refractivity contribution in [1.82, 2.24) is 31.3 Å². The van der Waals surface area contributed by atoms with Gasteiger partial charge in [-0.2, -0.15) is 5.10 Å². The lowest BCUT2D eigenvalue weighted by Crippen LogP contribution is -2.53. The Kier molecular flexibility index (Phi) is 6.65. The maximum atomic E-state index is 12.9. The fraction of sp³-hybridized carbons (Fsp3) is 0.148. The Labute approximate surface area is 218 Å². The number of imide groups is 1. The monoisotopic (exact) mass is 512 g/mol. The Morgan fingerprint density at radius 2 is 1.65 bits per heavy atom. The third-order valence-corrected chi connectivity index (χ3v) is 6.46. The number of H-pyrrole nitrogens is 1. The minimum Gasteiger partial charge on any atom is -0.356 e. The Hall–Kier alpha value is -4.57. The van der Waals surface area contributed by atoms with Crippen molar-refractivity contribution in [2.45, 2.75) is 19.4 Å². The molecule has 4 N–H and O–H groups in total. The number of benzene rings is 3. The molecule has 0 spiro atoms. The van der Waals surface area contributed by atoms with Gasteiger partial charge in [0.05, 0.1) is 22.7 Å². The molecule has 1 aliphatic rings. The molecule has 5 rings (SSSR count). The highest BCUT2D eigenvalue weighted by molar-refractivity contribution is 7.80. The number of nitrogens with one attached hydrogen (secondary N) is 4. The first-order valence-corrected chi connectivity index (χ1v) is 12.1. The van der Waals surface area contributed by atoms with E-state index in [0.717, 1.165) is 22.2 Å². The average Bonchev–Trinajstić information content (AvgIpc) is 3.40. The van der Waals surface area contributed by atoms with Crippen molar-refractivity contribution in [3.05, 3.63) is 101 Å². The van der Waals surface area contributed by atoms with E-state index >= 15 is 0 Å². The summed E-state index contributed by atoms with van der Waals surface area (Å²) < 4.78 is 0. The second-order valence-electron chi connectivity index (χ2n) is 8.79. The molecule has 1 atom stereocenters. The van der Waals surface area contributed by atoms with Gasteiger partial charge in [-0.25, -0.2) is 0 Å². The Bertz CT molecular complexity index is 1480. The number of hydrogen-bond donors (Lipinski definition) is 4. The van der Waals surface area contributed by atoms with Crippen molar-refractivity contribution < 1.29 is 14.4 Å². The maximum absolute atomic E-state index is 12.9. The topological polar surface area (TPSA) is 119 Å². The quantitative estimate of drug-likeness (QED) is 0.178. The van der Waals surface area contributed by atoms with Gasteiger partial charge < -0.3 is 5.32 Å². The second kappa shape index (κ2) is 10.2. The van der Waals surface area contributed by atoms with Gasteiger partial charge in [-0.05, 0) is 61.5 Å². The fourth-order valence-electron chi connectivity index (χ4n) is 4.37. The van der Waals surface area contributed by atoms with Gasteiger partial charge in [-0.15, -0.1) is 0 Å². The average molecular weight is 513 g/mol. The van der Waals surface area contributed by atoms with Crippen molar-refractivity contribution in [2.75, 3.05) is 6.54 Å². The number of carbonyl (C=O) groups excluding carboxylic acids is 3. The highest BCUT2D eigenvalue weighted by atomic mass is 32.1. The molecule has 1 aromatic heterocycles. The van der Waals surface area contributed by atoms with E-state index in [1.54, 1.807) is 42.5 Å². The zero-order chi connectivity index (χ0) is 25.9. The van der Waals surface area contributed by atoms with Crippen LogP contribution in [0.3, 0.4) is 0 Å². The smallest absolute Gasteiger partial charge is 0.269 e. The van der Waals surface area contributed by atoms with E-state index in [9.17, 15) is 14.4 Å². The van der Waals surface area contributed by atoms with Crippen LogP contribution in [0.1, 0.15) is 42.3 Å². The number of rotatable bonds is 6. The van der Waals surface area contributed by atoms with Gasteiger partial charge >= 0.3 is 0 Å². The summed E-state index contributed by atoms with van der Waals surface area (Å²) in [6.07, 6.45) is 0.500. The first-order chi connectivity index (χ1) is 17.9. The number of fused-ring (bicyclic) bond motifs is 2. The summed E-state index contributed by atoms with van der Waals surface area (Å²) in [5.41, 5.74) is 9.20. The number of aryl methyl sites for hydroxylation is 1. The predicted molar refractivity (Wildman–Crippen MR) is 143 cm³/mol. The third kappa shape index (κ3) is 5.05. The van der Waals surface area contributed by atoms with Crippen LogP contribution in [-0.2, 0) is 6.42 Å². The van der Waals surface area contributed by atoms with Crippen LogP contribution in [0, 0.1) is 6.92 Å². The van der Waals surface area contributed by atoms with E-state index in [4.69, 9.17) is 12.2 Å². The Morgan fingerprint density at radius 1 is 0.973 bits per heavy atom. The minimum absolute atomic E-state index is 0.105. The van der Waals surface area contributed by atoms with Gasteiger partial charge in [0.1, 0.15) is 0 Å². The standard InChI is InChI=1S/C27H24N6O3S/c1-16-22-14-18(11-12-23(22)30-29-16)24(34)31-32-27(37)28-19(13-17-7-3-2-4-8-17)15-33-25(35)20-9-5-6-10-21(20)26(33)36/h2-12,14,19H,13,15H2,1H3,(H,29,30)(H,31,34)(H2,28,32,37)/t19-/m0/s1. The molecule has 186 valence electrons. The summed E-state index contributed by atoms with van der Waals surface area (Å²) >= 11 is 5.43. The summed E-state index contributed by atoms with van der Waals surface area (Å²) in [4.78, 5) is 39.8. The summed E-state index contributed by atoms with van der Waals surface area (Å²) in [5, 5.41) is 11.2. The molecule has 3 amide bonds. The molecule has 9 nitrogen and oxygen atoms in total. The first kappa shape index (κ1) is 24.1. The molecule has 0 saturated heterocycles. The van der Waals surface area contributed by atoms with Crippen molar-refractivity contribution in [2.24, 2.45) is 0 Å². The Balaban J connectivity index is 1.26. The summed E-state index contributed by atoms with van der Waals surface area (Å²) in [7, 11) is 0. The lowest BCUT2D eigenvalue weighted by atomic mass is 10.1. The molecule has 4 aromatic rings. The van der Waals surface area contributed by atoms with Gasteiger partial charge in [0.25, 0.3) is 17.7 Å². The van der Waals surface area contributed by atoms with Crippen LogP contribution in [0.15, 0.2) is 72.8 Å². The molecule has 37 heavy (non-hydrogen) atoms. The molecule has 0 bridgehead atoms. The molecule has 2 heterocycles.